The quantitative estimate of drug-likeness (QED) is 0.361. The van der Waals surface area contributed by atoms with Crippen LogP contribution in [0.1, 0.15) is 42.9 Å². The second-order valence-corrected chi connectivity index (χ2v) is 7.95. The van der Waals surface area contributed by atoms with E-state index in [-0.39, 0.29) is 0 Å². The van der Waals surface area contributed by atoms with E-state index in [2.05, 4.69) is 103 Å². The maximum atomic E-state index is 2.60. The van der Waals surface area contributed by atoms with Gasteiger partial charge < -0.3 is 0 Å². The first-order valence-electron chi connectivity index (χ1n) is 10.6. The Bertz CT molecular complexity index is 726. The second-order valence-electron chi connectivity index (χ2n) is 7.95. The average molecular weight is 372 g/mol. The van der Waals surface area contributed by atoms with Gasteiger partial charge in [0.1, 0.15) is 0 Å². The van der Waals surface area contributed by atoms with Crippen molar-refractivity contribution in [2.45, 2.75) is 45.7 Å². The Kier molecular flexibility index (Phi) is 8.33. The van der Waals surface area contributed by atoms with Crippen molar-refractivity contribution in [2.24, 2.45) is 5.92 Å². The number of hydrogen-bond donors (Lipinski definition) is 0. The molecule has 0 N–H and O–H groups in total. The molecule has 0 amide bonds. The van der Waals surface area contributed by atoms with Gasteiger partial charge in [-0.2, -0.15) is 0 Å². The Labute approximate surface area is 171 Å². The van der Waals surface area contributed by atoms with Crippen molar-refractivity contribution in [1.82, 2.24) is 4.90 Å². The molecule has 1 nitrogen and oxygen atoms in total. The Morgan fingerprint density at radius 3 is 1.57 bits per heavy atom. The molecule has 0 saturated heterocycles. The first kappa shape index (κ1) is 20.4. The van der Waals surface area contributed by atoms with Crippen LogP contribution in [-0.2, 0) is 19.5 Å². The molecule has 28 heavy (non-hydrogen) atoms. The summed E-state index contributed by atoms with van der Waals surface area (Å²) in [6.45, 7) is 5.60. The maximum absolute atomic E-state index is 2.60. The molecule has 0 spiro atoms. The lowest BCUT2D eigenvalue weighted by atomic mass is 9.98. The second kappa shape index (κ2) is 11.5. The van der Waals surface area contributed by atoms with Crippen molar-refractivity contribution in [3.63, 3.8) is 0 Å². The number of rotatable bonds is 11. The van der Waals surface area contributed by atoms with Crippen molar-refractivity contribution in [1.29, 1.82) is 0 Å². The summed E-state index contributed by atoms with van der Waals surface area (Å²) in [4.78, 5) is 2.60. The fourth-order valence-corrected chi connectivity index (χ4v) is 3.74. The Morgan fingerprint density at radius 2 is 1.07 bits per heavy atom. The molecule has 146 valence electrons. The van der Waals surface area contributed by atoms with E-state index in [0.29, 0.717) is 0 Å². The van der Waals surface area contributed by atoms with Crippen LogP contribution in [0.15, 0.2) is 91.0 Å². The van der Waals surface area contributed by atoms with Crippen LogP contribution in [0.5, 0.6) is 0 Å². The predicted octanol–water partition coefficient (Wildman–Crippen LogP) is 6.74. The number of benzene rings is 3. The molecular weight excluding hydrogens is 338 g/mol. The highest BCUT2D eigenvalue weighted by molar-refractivity contribution is 5.17. The molecule has 0 radical (unpaired) electrons. The highest BCUT2D eigenvalue weighted by Crippen LogP contribution is 2.17. The van der Waals surface area contributed by atoms with Crippen molar-refractivity contribution in [2.75, 3.05) is 6.54 Å². The van der Waals surface area contributed by atoms with E-state index in [1.807, 2.05) is 0 Å². The number of hydrogen-bond acceptors (Lipinski definition) is 1. The van der Waals surface area contributed by atoms with Crippen LogP contribution >= 0.6 is 0 Å². The number of aryl methyl sites for hydroxylation is 1. The van der Waals surface area contributed by atoms with E-state index in [1.54, 1.807) is 0 Å². The minimum Gasteiger partial charge on any atom is -0.295 e. The van der Waals surface area contributed by atoms with Gasteiger partial charge in [-0.3, -0.25) is 4.90 Å². The van der Waals surface area contributed by atoms with E-state index in [9.17, 15) is 0 Å². The summed E-state index contributed by atoms with van der Waals surface area (Å²) in [5.41, 5.74) is 4.26. The summed E-state index contributed by atoms with van der Waals surface area (Å²) in [6, 6.07) is 32.6. The van der Waals surface area contributed by atoms with E-state index in [4.69, 9.17) is 0 Å². The first-order chi connectivity index (χ1) is 13.8. The third-order valence-electron chi connectivity index (χ3n) is 5.44. The molecule has 0 fully saturated rings. The molecule has 3 aromatic rings. The zero-order valence-electron chi connectivity index (χ0n) is 17.1. The van der Waals surface area contributed by atoms with Gasteiger partial charge in [-0.1, -0.05) is 104 Å². The van der Waals surface area contributed by atoms with E-state index in [1.165, 1.54) is 42.4 Å². The maximum Gasteiger partial charge on any atom is 0.0237 e. The van der Waals surface area contributed by atoms with Gasteiger partial charge in [-0.15, -0.1) is 0 Å². The fourth-order valence-electron chi connectivity index (χ4n) is 3.74. The van der Waals surface area contributed by atoms with E-state index >= 15 is 0 Å². The lowest BCUT2D eigenvalue weighted by Crippen LogP contribution is -2.25. The van der Waals surface area contributed by atoms with Crippen molar-refractivity contribution < 1.29 is 0 Å². The Morgan fingerprint density at radius 1 is 0.607 bits per heavy atom. The van der Waals surface area contributed by atoms with Gasteiger partial charge in [0.25, 0.3) is 0 Å². The third-order valence-corrected chi connectivity index (χ3v) is 5.44. The summed E-state index contributed by atoms with van der Waals surface area (Å²) >= 11 is 0. The van der Waals surface area contributed by atoms with Gasteiger partial charge >= 0.3 is 0 Å². The third kappa shape index (κ3) is 7.32. The van der Waals surface area contributed by atoms with Crippen LogP contribution in [0, 0.1) is 5.92 Å². The van der Waals surface area contributed by atoms with E-state index < -0.39 is 0 Å². The molecule has 0 aliphatic carbocycles. The molecule has 0 heterocycles. The molecule has 0 aliphatic rings. The van der Waals surface area contributed by atoms with Gasteiger partial charge in [0.15, 0.2) is 0 Å². The molecule has 0 bridgehead atoms. The Hall–Kier alpha value is -2.38. The lowest BCUT2D eigenvalue weighted by Gasteiger charge is -2.24. The fraction of sp³-hybridized carbons (Fsp3) is 0.333. The SMILES string of the molecule is C[C@@H](CCCc1ccccc1)CCN(Cc1ccccc1)Cc1ccccc1. The summed E-state index contributed by atoms with van der Waals surface area (Å²) < 4.78 is 0. The standard InChI is InChI=1S/C27H33N/c1-24(12-11-19-25-13-5-2-6-14-25)20-21-28(22-26-15-7-3-8-16-26)23-27-17-9-4-10-18-27/h2-10,13-18,24H,11-12,19-23H2,1H3/t24-/m0/s1. The van der Waals surface area contributed by atoms with E-state index in [0.717, 1.165) is 25.6 Å². The molecular formula is C27H33N. The summed E-state index contributed by atoms with van der Waals surface area (Å²) in [6.07, 6.45) is 5.04. The molecule has 0 unspecified atom stereocenters. The van der Waals surface area contributed by atoms with Crippen LogP contribution in [-0.4, -0.2) is 11.4 Å². The zero-order valence-corrected chi connectivity index (χ0v) is 17.1. The molecule has 3 rings (SSSR count). The van der Waals surface area contributed by atoms with Crippen molar-refractivity contribution in [3.8, 4) is 0 Å². The van der Waals surface area contributed by atoms with Crippen LogP contribution < -0.4 is 0 Å². The summed E-state index contributed by atoms with van der Waals surface area (Å²) in [5.74, 6) is 0.762. The minimum atomic E-state index is 0.762. The molecule has 0 aliphatic heterocycles. The van der Waals surface area contributed by atoms with Gasteiger partial charge in [0.2, 0.25) is 0 Å². The highest BCUT2D eigenvalue weighted by atomic mass is 15.1. The lowest BCUT2D eigenvalue weighted by molar-refractivity contribution is 0.235. The molecule has 3 aromatic carbocycles. The zero-order chi connectivity index (χ0) is 19.4. The van der Waals surface area contributed by atoms with Crippen molar-refractivity contribution >= 4 is 0 Å². The van der Waals surface area contributed by atoms with Gasteiger partial charge in [0, 0.05) is 13.1 Å². The van der Waals surface area contributed by atoms with Crippen LogP contribution in [0.4, 0.5) is 0 Å². The first-order valence-corrected chi connectivity index (χ1v) is 10.6. The monoisotopic (exact) mass is 371 g/mol. The van der Waals surface area contributed by atoms with Crippen LogP contribution in [0.3, 0.4) is 0 Å². The minimum absolute atomic E-state index is 0.762. The average Bonchev–Trinajstić information content (AvgIpc) is 2.74. The van der Waals surface area contributed by atoms with Crippen LogP contribution in [0.2, 0.25) is 0 Å². The number of nitrogens with zero attached hydrogens (tertiary/aromatic N) is 1. The predicted molar refractivity (Wildman–Crippen MR) is 120 cm³/mol. The van der Waals surface area contributed by atoms with Gasteiger partial charge in [-0.05, 0) is 48.4 Å². The smallest absolute Gasteiger partial charge is 0.0237 e. The highest BCUT2D eigenvalue weighted by Gasteiger charge is 2.10. The van der Waals surface area contributed by atoms with Crippen molar-refractivity contribution in [3.05, 3.63) is 108 Å². The molecule has 0 saturated carbocycles. The molecule has 1 atom stereocenters. The summed E-state index contributed by atoms with van der Waals surface area (Å²) in [7, 11) is 0. The van der Waals surface area contributed by atoms with Gasteiger partial charge in [-0.25, -0.2) is 0 Å². The molecule has 0 aromatic heterocycles. The largest absolute Gasteiger partial charge is 0.295 e. The normalized spacial score (nSPS) is 12.2. The Balaban J connectivity index is 1.48. The van der Waals surface area contributed by atoms with Gasteiger partial charge in [0.05, 0.1) is 0 Å². The summed E-state index contributed by atoms with van der Waals surface area (Å²) in [5, 5.41) is 0. The topological polar surface area (TPSA) is 3.24 Å². The molecule has 1 heteroatoms. The van der Waals surface area contributed by atoms with Crippen LogP contribution in [0.25, 0.3) is 0 Å².